The molecule has 4 heterocycles. The quantitative estimate of drug-likeness (QED) is 0.496. The van der Waals surface area contributed by atoms with Crippen molar-refractivity contribution >= 4 is 16.7 Å². The molecule has 0 spiro atoms. The molecule has 132 valence electrons. The Morgan fingerprint density at radius 1 is 0.889 bits per heavy atom. The molecule has 1 aromatic carbocycles. The molecule has 0 fully saturated rings. The van der Waals surface area contributed by atoms with Gasteiger partial charge >= 0.3 is 0 Å². The third kappa shape index (κ3) is 2.49. The normalized spacial score (nSPS) is 11.5. The van der Waals surface area contributed by atoms with Crippen LogP contribution in [0.3, 0.4) is 0 Å². The first kappa shape index (κ1) is 15.7. The molecule has 0 bridgehead atoms. The van der Waals surface area contributed by atoms with E-state index in [1.165, 1.54) is 5.56 Å². The molecule has 0 aliphatic rings. The average molecular weight is 354 g/mol. The summed E-state index contributed by atoms with van der Waals surface area (Å²) in [7, 11) is 0. The van der Waals surface area contributed by atoms with Crippen molar-refractivity contribution in [3.8, 4) is 5.82 Å². The van der Waals surface area contributed by atoms with E-state index in [9.17, 15) is 0 Å². The van der Waals surface area contributed by atoms with Gasteiger partial charge in [-0.25, -0.2) is 19.5 Å². The van der Waals surface area contributed by atoms with E-state index >= 15 is 0 Å². The molecule has 0 radical (unpaired) electrons. The SMILES string of the molecule is Cc1c(C)n(-c2ccccn2)c2ncn3nc(Cc4ccccc4)nc3c12. The summed E-state index contributed by atoms with van der Waals surface area (Å²) >= 11 is 0. The second-order valence-electron chi connectivity index (χ2n) is 6.64. The maximum Gasteiger partial charge on any atom is 0.168 e. The lowest BCUT2D eigenvalue weighted by Crippen LogP contribution is -2.01. The average Bonchev–Trinajstić information content (AvgIpc) is 3.21. The number of hydrogen-bond acceptors (Lipinski definition) is 4. The molecule has 0 aliphatic heterocycles. The van der Waals surface area contributed by atoms with Gasteiger partial charge in [0, 0.05) is 18.3 Å². The summed E-state index contributed by atoms with van der Waals surface area (Å²) in [5, 5.41) is 5.65. The minimum Gasteiger partial charge on any atom is -0.282 e. The molecule has 0 atom stereocenters. The lowest BCUT2D eigenvalue weighted by Gasteiger charge is -2.05. The zero-order chi connectivity index (χ0) is 18.4. The van der Waals surface area contributed by atoms with Crippen LogP contribution in [0.25, 0.3) is 22.5 Å². The summed E-state index contributed by atoms with van der Waals surface area (Å²) in [4.78, 5) is 14.0. The molecular formula is C21H18N6. The Labute approximate surface area is 156 Å². The molecule has 5 rings (SSSR count). The maximum atomic E-state index is 4.82. The number of fused-ring (bicyclic) bond motifs is 3. The molecule has 6 nitrogen and oxygen atoms in total. The molecular weight excluding hydrogens is 336 g/mol. The summed E-state index contributed by atoms with van der Waals surface area (Å²) in [6.07, 6.45) is 4.23. The van der Waals surface area contributed by atoms with Gasteiger partial charge in [-0.2, -0.15) is 0 Å². The van der Waals surface area contributed by atoms with Crippen LogP contribution in [-0.4, -0.2) is 29.1 Å². The number of hydrogen-bond donors (Lipinski definition) is 0. The van der Waals surface area contributed by atoms with Crippen molar-refractivity contribution in [1.82, 2.24) is 29.1 Å². The first-order valence-corrected chi connectivity index (χ1v) is 8.89. The van der Waals surface area contributed by atoms with Crippen molar-refractivity contribution in [3.05, 3.63) is 83.7 Å². The van der Waals surface area contributed by atoms with Gasteiger partial charge in [-0.1, -0.05) is 36.4 Å². The van der Waals surface area contributed by atoms with Gasteiger partial charge in [0.2, 0.25) is 0 Å². The largest absolute Gasteiger partial charge is 0.282 e. The summed E-state index contributed by atoms with van der Waals surface area (Å²) in [5.74, 6) is 1.65. The van der Waals surface area contributed by atoms with E-state index in [1.807, 2.05) is 36.4 Å². The van der Waals surface area contributed by atoms with E-state index in [2.05, 4.69) is 45.6 Å². The van der Waals surface area contributed by atoms with Crippen LogP contribution in [0.2, 0.25) is 0 Å². The molecule has 5 aromatic rings. The Hall–Kier alpha value is -3.54. The number of aromatic nitrogens is 6. The molecule has 27 heavy (non-hydrogen) atoms. The fraction of sp³-hybridized carbons (Fsp3) is 0.143. The highest BCUT2D eigenvalue weighted by atomic mass is 15.3. The first-order valence-electron chi connectivity index (χ1n) is 8.89. The molecule has 6 heteroatoms. The maximum absolute atomic E-state index is 4.82. The number of aryl methyl sites for hydroxylation is 1. The van der Waals surface area contributed by atoms with E-state index in [1.54, 1.807) is 17.0 Å². The van der Waals surface area contributed by atoms with Crippen LogP contribution >= 0.6 is 0 Å². The predicted octanol–water partition coefficient (Wildman–Crippen LogP) is 3.67. The zero-order valence-electron chi connectivity index (χ0n) is 15.2. The van der Waals surface area contributed by atoms with Gasteiger partial charge < -0.3 is 0 Å². The molecule has 0 N–H and O–H groups in total. The van der Waals surface area contributed by atoms with Crippen LogP contribution in [-0.2, 0) is 6.42 Å². The summed E-state index contributed by atoms with van der Waals surface area (Å²) in [5.41, 5.74) is 5.14. The van der Waals surface area contributed by atoms with E-state index in [4.69, 9.17) is 4.98 Å². The topological polar surface area (TPSA) is 60.9 Å². The van der Waals surface area contributed by atoms with E-state index in [0.717, 1.165) is 39.6 Å². The van der Waals surface area contributed by atoms with Crippen molar-refractivity contribution in [2.24, 2.45) is 0 Å². The van der Waals surface area contributed by atoms with Crippen LogP contribution in [0.1, 0.15) is 22.6 Å². The summed E-state index contributed by atoms with van der Waals surface area (Å²) in [6.45, 7) is 4.19. The predicted molar refractivity (Wildman–Crippen MR) is 104 cm³/mol. The van der Waals surface area contributed by atoms with E-state index < -0.39 is 0 Å². The van der Waals surface area contributed by atoms with Gasteiger partial charge in [0.05, 0.1) is 5.39 Å². The van der Waals surface area contributed by atoms with Crippen LogP contribution in [0.4, 0.5) is 0 Å². The zero-order valence-corrected chi connectivity index (χ0v) is 15.2. The van der Waals surface area contributed by atoms with Gasteiger partial charge in [0.25, 0.3) is 0 Å². The first-order chi connectivity index (χ1) is 13.2. The minimum atomic E-state index is 0.697. The Balaban J connectivity index is 1.71. The Morgan fingerprint density at radius 3 is 2.48 bits per heavy atom. The summed E-state index contributed by atoms with van der Waals surface area (Å²) < 4.78 is 3.85. The Morgan fingerprint density at radius 2 is 1.70 bits per heavy atom. The number of nitrogens with zero attached hydrogens (tertiary/aromatic N) is 6. The van der Waals surface area contributed by atoms with Gasteiger partial charge in [0.15, 0.2) is 17.1 Å². The van der Waals surface area contributed by atoms with Crippen molar-refractivity contribution in [3.63, 3.8) is 0 Å². The Kier molecular flexibility index (Phi) is 3.50. The molecule has 0 saturated heterocycles. The second-order valence-corrected chi connectivity index (χ2v) is 6.64. The van der Waals surface area contributed by atoms with Gasteiger partial charge in [-0.05, 0) is 37.1 Å². The fourth-order valence-corrected chi connectivity index (χ4v) is 3.52. The van der Waals surface area contributed by atoms with E-state index in [0.29, 0.717) is 6.42 Å². The van der Waals surface area contributed by atoms with Crippen LogP contribution in [0, 0.1) is 13.8 Å². The van der Waals surface area contributed by atoms with Crippen molar-refractivity contribution < 1.29 is 0 Å². The molecule has 0 saturated carbocycles. The van der Waals surface area contributed by atoms with Crippen LogP contribution in [0.5, 0.6) is 0 Å². The molecule has 0 aliphatic carbocycles. The van der Waals surface area contributed by atoms with Crippen LogP contribution in [0.15, 0.2) is 61.1 Å². The smallest absolute Gasteiger partial charge is 0.168 e. The number of pyridine rings is 1. The standard InChI is InChI=1S/C21H18N6/c1-14-15(2)27(18-10-6-7-11-22-18)20-19(14)21-24-17(25-26(21)13-23-20)12-16-8-4-3-5-9-16/h3-11,13H,12H2,1-2H3. The molecule has 4 aromatic heterocycles. The molecule has 0 unspecified atom stereocenters. The second kappa shape index (κ2) is 6.02. The molecule has 0 amide bonds. The Bertz CT molecular complexity index is 1250. The lowest BCUT2D eigenvalue weighted by atomic mass is 10.1. The van der Waals surface area contributed by atoms with Gasteiger partial charge in [-0.3, -0.25) is 4.57 Å². The van der Waals surface area contributed by atoms with Gasteiger partial charge in [-0.15, -0.1) is 5.10 Å². The highest BCUT2D eigenvalue weighted by molar-refractivity contribution is 5.94. The third-order valence-electron chi connectivity index (χ3n) is 4.96. The van der Waals surface area contributed by atoms with Crippen molar-refractivity contribution in [1.29, 1.82) is 0 Å². The number of rotatable bonds is 3. The van der Waals surface area contributed by atoms with Gasteiger partial charge in [0.1, 0.15) is 12.1 Å². The van der Waals surface area contributed by atoms with Crippen molar-refractivity contribution in [2.75, 3.05) is 0 Å². The van der Waals surface area contributed by atoms with Crippen LogP contribution < -0.4 is 0 Å². The highest BCUT2D eigenvalue weighted by Crippen LogP contribution is 2.29. The van der Waals surface area contributed by atoms with Crippen molar-refractivity contribution in [2.45, 2.75) is 20.3 Å². The summed E-state index contributed by atoms with van der Waals surface area (Å²) in [6, 6.07) is 16.1. The number of benzene rings is 1. The monoisotopic (exact) mass is 354 g/mol. The van der Waals surface area contributed by atoms with E-state index in [-0.39, 0.29) is 0 Å². The fourth-order valence-electron chi connectivity index (χ4n) is 3.52. The minimum absolute atomic E-state index is 0.697. The highest BCUT2D eigenvalue weighted by Gasteiger charge is 2.19. The third-order valence-corrected chi connectivity index (χ3v) is 4.96. The lowest BCUT2D eigenvalue weighted by molar-refractivity contribution is 0.877.